The molecule has 0 aliphatic heterocycles. The van der Waals surface area contributed by atoms with Crippen LogP contribution in [0.2, 0.25) is 0 Å². The number of aromatic nitrogens is 1. The summed E-state index contributed by atoms with van der Waals surface area (Å²) in [5.74, 6) is 1.31. The third kappa shape index (κ3) is 7.72. The average molecular weight is 591 g/mol. The van der Waals surface area contributed by atoms with Crippen molar-refractivity contribution in [3.8, 4) is 11.5 Å². The molecule has 1 amide bonds. The number of rotatable bonds is 14. The zero-order valence-electron chi connectivity index (χ0n) is 24.8. The molecule has 3 aromatic rings. The minimum atomic E-state index is -3.69. The summed E-state index contributed by atoms with van der Waals surface area (Å²) in [6.45, 7) is 10.2. The van der Waals surface area contributed by atoms with E-state index < -0.39 is 10.0 Å². The van der Waals surface area contributed by atoms with Crippen molar-refractivity contribution >= 4 is 42.6 Å². The fraction of sp³-hybridized carbons (Fsp3) is 0.517. The molecule has 0 spiro atoms. The van der Waals surface area contributed by atoms with Gasteiger partial charge in [0.05, 0.1) is 29.3 Å². The number of hydrogen-bond acceptors (Lipinski definition) is 8. The van der Waals surface area contributed by atoms with Crippen LogP contribution in [0.5, 0.6) is 11.5 Å². The van der Waals surface area contributed by atoms with Crippen LogP contribution >= 0.6 is 11.3 Å². The van der Waals surface area contributed by atoms with E-state index in [2.05, 4.69) is 4.90 Å². The fourth-order valence-corrected chi connectivity index (χ4v) is 7.11. The lowest BCUT2D eigenvalue weighted by atomic mass is 10.2. The Labute approximate surface area is 242 Å². The van der Waals surface area contributed by atoms with Crippen molar-refractivity contribution in [2.24, 2.45) is 11.8 Å². The van der Waals surface area contributed by atoms with Crippen molar-refractivity contribution in [1.82, 2.24) is 14.2 Å². The Hall–Kier alpha value is -2.73. The predicted octanol–water partition coefficient (Wildman–Crippen LogP) is 5.21. The molecule has 3 rings (SSSR count). The summed E-state index contributed by atoms with van der Waals surface area (Å²) < 4.78 is 40.2. The summed E-state index contributed by atoms with van der Waals surface area (Å²) in [7, 11) is 3.44. The minimum absolute atomic E-state index is 0.184. The highest BCUT2D eigenvalue weighted by Crippen LogP contribution is 2.37. The number of thiazole rings is 1. The normalized spacial score (nSPS) is 12.2. The summed E-state index contributed by atoms with van der Waals surface area (Å²) in [5.41, 5.74) is 1.11. The molecule has 0 aliphatic carbocycles. The van der Waals surface area contributed by atoms with Gasteiger partial charge in [-0.25, -0.2) is 13.4 Å². The van der Waals surface area contributed by atoms with E-state index in [0.29, 0.717) is 47.3 Å². The highest BCUT2D eigenvalue weighted by molar-refractivity contribution is 7.89. The van der Waals surface area contributed by atoms with Crippen molar-refractivity contribution in [1.29, 1.82) is 0 Å². The molecule has 1 heterocycles. The van der Waals surface area contributed by atoms with Gasteiger partial charge in [-0.3, -0.25) is 9.69 Å². The summed E-state index contributed by atoms with van der Waals surface area (Å²) >= 11 is 1.40. The molecule has 11 heteroatoms. The van der Waals surface area contributed by atoms with Gasteiger partial charge in [-0.05, 0) is 63.2 Å². The number of hydrogen-bond donors (Lipinski definition) is 0. The second-order valence-corrected chi connectivity index (χ2v) is 13.9. The number of fused-ring (bicyclic) bond motifs is 1. The quantitative estimate of drug-likeness (QED) is 0.254. The summed E-state index contributed by atoms with van der Waals surface area (Å²) in [6, 6.07) is 9.91. The maximum atomic E-state index is 13.8. The third-order valence-corrected chi connectivity index (χ3v) is 9.11. The highest BCUT2D eigenvalue weighted by Gasteiger charge is 2.27. The van der Waals surface area contributed by atoms with Gasteiger partial charge < -0.3 is 14.4 Å². The van der Waals surface area contributed by atoms with Crippen molar-refractivity contribution < 1.29 is 22.7 Å². The number of carbonyl (C=O) groups excluding carboxylic acids is 1. The Balaban J connectivity index is 1.95. The summed E-state index contributed by atoms with van der Waals surface area (Å²) in [4.78, 5) is 22.5. The van der Waals surface area contributed by atoms with Crippen LogP contribution in [0.4, 0.5) is 5.13 Å². The first kappa shape index (κ1) is 31.8. The van der Waals surface area contributed by atoms with Gasteiger partial charge in [-0.2, -0.15) is 4.31 Å². The number of nitrogens with zero attached hydrogens (tertiary/aromatic N) is 4. The van der Waals surface area contributed by atoms with E-state index in [9.17, 15) is 13.2 Å². The zero-order chi connectivity index (χ0) is 29.6. The molecule has 0 aliphatic rings. The van der Waals surface area contributed by atoms with Crippen LogP contribution in [0.25, 0.3) is 10.2 Å². The lowest BCUT2D eigenvalue weighted by Gasteiger charge is -2.26. The Morgan fingerprint density at radius 3 is 2.02 bits per heavy atom. The first-order valence-electron chi connectivity index (χ1n) is 13.5. The molecule has 0 atom stereocenters. The van der Waals surface area contributed by atoms with Crippen molar-refractivity contribution in [2.45, 2.75) is 39.0 Å². The van der Waals surface area contributed by atoms with Crippen LogP contribution in [0.1, 0.15) is 44.5 Å². The maximum Gasteiger partial charge on any atom is 0.260 e. The molecule has 0 radical (unpaired) electrons. The van der Waals surface area contributed by atoms with Crippen LogP contribution in [-0.4, -0.2) is 83.0 Å². The van der Waals surface area contributed by atoms with Crippen LogP contribution in [-0.2, 0) is 10.0 Å². The Kier molecular flexibility index (Phi) is 10.9. The fourth-order valence-electron chi connectivity index (χ4n) is 4.35. The van der Waals surface area contributed by atoms with Gasteiger partial charge in [0, 0.05) is 37.3 Å². The van der Waals surface area contributed by atoms with Gasteiger partial charge in [0.2, 0.25) is 10.0 Å². The minimum Gasteiger partial charge on any atom is -0.493 e. The van der Waals surface area contributed by atoms with Crippen molar-refractivity contribution in [2.75, 3.05) is 59.4 Å². The van der Waals surface area contributed by atoms with Gasteiger partial charge in [-0.1, -0.05) is 39.0 Å². The number of carbonyl (C=O) groups is 1. The van der Waals surface area contributed by atoms with Crippen molar-refractivity contribution in [3.63, 3.8) is 0 Å². The maximum absolute atomic E-state index is 13.8. The van der Waals surface area contributed by atoms with Gasteiger partial charge in [-0.15, -0.1) is 0 Å². The monoisotopic (exact) mass is 590 g/mol. The van der Waals surface area contributed by atoms with Crippen LogP contribution in [0, 0.1) is 11.8 Å². The average Bonchev–Trinajstić information content (AvgIpc) is 3.31. The van der Waals surface area contributed by atoms with Gasteiger partial charge in [0.15, 0.2) is 16.6 Å². The van der Waals surface area contributed by atoms with E-state index in [0.717, 1.165) is 17.7 Å². The zero-order valence-corrected chi connectivity index (χ0v) is 26.4. The lowest BCUT2D eigenvalue weighted by Crippen LogP contribution is -2.37. The number of sulfonamides is 1. The van der Waals surface area contributed by atoms with Gasteiger partial charge >= 0.3 is 0 Å². The highest BCUT2D eigenvalue weighted by atomic mass is 32.2. The number of anilines is 1. The number of ether oxygens (including phenoxy) is 2. The van der Waals surface area contributed by atoms with E-state index in [-0.39, 0.29) is 22.6 Å². The molecule has 2 aromatic carbocycles. The molecule has 40 heavy (non-hydrogen) atoms. The number of benzene rings is 2. The molecule has 0 N–H and O–H groups in total. The lowest BCUT2D eigenvalue weighted by molar-refractivity contribution is 0.0986. The van der Waals surface area contributed by atoms with Crippen LogP contribution < -0.4 is 14.4 Å². The topological polar surface area (TPSA) is 92.3 Å². The first-order chi connectivity index (χ1) is 18.9. The van der Waals surface area contributed by atoms with Gasteiger partial charge in [0.25, 0.3) is 5.91 Å². The standard InChI is InChI=1S/C29H42N4O5S2/c1-20(2)18-32(19-21(3)4)40(35,36)23-12-10-22(11-13-23)28(34)33(15-9-14-31(5)6)29-30-24-16-25(37-7)26(38-8)17-27(24)39-29/h10-13,16-17,20-21H,9,14-15,18-19H2,1-8H3. The van der Waals surface area contributed by atoms with Crippen molar-refractivity contribution in [3.05, 3.63) is 42.0 Å². The second-order valence-electron chi connectivity index (χ2n) is 10.9. The van der Waals surface area contributed by atoms with E-state index in [1.54, 1.807) is 37.3 Å². The predicted molar refractivity (Wildman–Crippen MR) is 162 cm³/mol. The Morgan fingerprint density at radius 2 is 1.50 bits per heavy atom. The molecular formula is C29H42N4O5S2. The first-order valence-corrected chi connectivity index (χ1v) is 15.7. The number of methoxy groups -OCH3 is 2. The molecule has 0 saturated heterocycles. The molecule has 9 nitrogen and oxygen atoms in total. The van der Waals surface area contributed by atoms with Crippen LogP contribution in [0.15, 0.2) is 41.3 Å². The van der Waals surface area contributed by atoms with Crippen LogP contribution in [0.3, 0.4) is 0 Å². The molecule has 0 saturated carbocycles. The van der Waals surface area contributed by atoms with E-state index >= 15 is 0 Å². The SMILES string of the molecule is COc1cc2nc(N(CCCN(C)C)C(=O)c3ccc(S(=O)(=O)N(CC(C)C)CC(C)C)cc3)sc2cc1OC. The largest absolute Gasteiger partial charge is 0.493 e. The summed E-state index contributed by atoms with van der Waals surface area (Å²) in [5, 5.41) is 0.561. The van der Waals surface area contributed by atoms with E-state index in [1.807, 2.05) is 47.9 Å². The third-order valence-electron chi connectivity index (χ3n) is 6.22. The van der Waals surface area contributed by atoms with E-state index in [1.165, 1.54) is 27.8 Å². The molecule has 220 valence electrons. The Morgan fingerprint density at radius 1 is 0.925 bits per heavy atom. The number of amides is 1. The molecule has 0 fully saturated rings. The molecule has 1 aromatic heterocycles. The Bertz CT molecular complexity index is 1330. The van der Waals surface area contributed by atoms with E-state index in [4.69, 9.17) is 14.5 Å². The molecule has 0 bridgehead atoms. The molecule has 0 unspecified atom stereocenters. The smallest absolute Gasteiger partial charge is 0.260 e. The van der Waals surface area contributed by atoms with Gasteiger partial charge in [0.1, 0.15) is 0 Å². The summed E-state index contributed by atoms with van der Waals surface area (Å²) in [6.07, 6.45) is 0.743. The molecular weight excluding hydrogens is 548 g/mol. The second kappa shape index (κ2) is 13.8.